The number of hydrogen-bond donors (Lipinski definition) is 2. The first-order chi connectivity index (χ1) is 6.58. The van der Waals surface area contributed by atoms with E-state index < -0.39 is 0 Å². The lowest BCUT2D eigenvalue weighted by Gasteiger charge is -2.11. The molecular formula is C8H14N4S2. The third kappa shape index (κ3) is 3.97. The fourth-order valence-electron chi connectivity index (χ4n) is 0.878. The van der Waals surface area contributed by atoms with Crippen molar-refractivity contribution in [1.29, 1.82) is 0 Å². The summed E-state index contributed by atoms with van der Waals surface area (Å²) in [6.07, 6.45) is 0. The summed E-state index contributed by atoms with van der Waals surface area (Å²) in [6, 6.07) is 0.353. The van der Waals surface area contributed by atoms with Crippen molar-refractivity contribution in [3.8, 4) is 0 Å². The summed E-state index contributed by atoms with van der Waals surface area (Å²) in [5, 5.41) is 16.7. The molecule has 4 nitrogen and oxygen atoms in total. The third-order valence-corrected chi connectivity index (χ3v) is 2.49. The summed E-state index contributed by atoms with van der Waals surface area (Å²) in [4.78, 5) is 0. The molecule has 0 radical (unpaired) electrons. The van der Waals surface area contributed by atoms with E-state index >= 15 is 0 Å². The standard InChI is InChI=1S/C8H14N4S2/c1-5(2)10-8(13)9-4-7-12-11-6(3)14-7/h5H,4H2,1-3H3,(H2,9,10,13). The maximum Gasteiger partial charge on any atom is 0.166 e. The van der Waals surface area contributed by atoms with Crippen LogP contribution >= 0.6 is 23.6 Å². The average Bonchev–Trinajstić information content (AvgIpc) is 2.47. The molecular weight excluding hydrogens is 216 g/mol. The number of thiocarbonyl (C=S) groups is 1. The molecule has 1 heterocycles. The molecule has 0 unspecified atom stereocenters. The zero-order chi connectivity index (χ0) is 10.6. The van der Waals surface area contributed by atoms with Gasteiger partial charge in [0.2, 0.25) is 0 Å². The lowest BCUT2D eigenvalue weighted by atomic mass is 10.4. The van der Waals surface area contributed by atoms with E-state index in [1.54, 1.807) is 11.3 Å². The molecule has 0 saturated heterocycles. The predicted molar refractivity (Wildman–Crippen MR) is 62.4 cm³/mol. The molecule has 1 aromatic heterocycles. The normalized spacial score (nSPS) is 10.3. The van der Waals surface area contributed by atoms with Crippen LogP contribution in [0.4, 0.5) is 0 Å². The largest absolute Gasteiger partial charge is 0.361 e. The molecule has 1 aromatic rings. The molecule has 0 aliphatic heterocycles. The van der Waals surface area contributed by atoms with Gasteiger partial charge in [0.1, 0.15) is 10.0 Å². The number of rotatable bonds is 3. The molecule has 6 heteroatoms. The van der Waals surface area contributed by atoms with E-state index in [9.17, 15) is 0 Å². The van der Waals surface area contributed by atoms with Gasteiger partial charge in [-0.15, -0.1) is 10.2 Å². The van der Waals surface area contributed by atoms with Crippen molar-refractivity contribution in [3.05, 3.63) is 10.0 Å². The van der Waals surface area contributed by atoms with E-state index in [1.807, 2.05) is 20.8 Å². The van der Waals surface area contributed by atoms with E-state index in [0.29, 0.717) is 17.7 Å². The Labute approximate surface area is 93.1 Å². The van der Waals surface area contributed by atoms with Crippen molar-refractivity contribution in [1.82, 2.24) is 20.8 Å². The zero-order valence-corrected chi connectivity index (χ0v) is 10.1. The van der Waals surface area contributed by atoms with Crippen molar-refractivity contribution in [2.24, 2.45) is 0 Å². The van der Waals surface area contributed by atoms with Gasteiger partial charge in [-0.25, -0.2) is 0 Å². The van der Waals surface area contributed by atoms with Crippen LogP contribution in [0.25, 0.3) is 0 Å². The first kappa shape index (κ1) is 11.3. The number of aryl methyl sites for hydroxylation is 1. The molecule has 0 saturated carbocycles. The van der Waals surface area contributed by atoms with Crippen molar-refractivity contribution >= 4 is 28.7 Å². The highest BCUT2D eigenvalue weighted by Gasteiger charge is 2.01. The van der Waals surface area contributed by atoms with Gasteiger partial charge in [-0.2, -0.15) is 0 Å². The summed E-state index contributed by atoms with van der Waals surface area (Å²) in [6.45, 7) is 6.67. The Morgan fingerprint density at radius 2 is 2.21 bits per heavy atom. The summed E-state index contributed by atoms with van der Waals surface area (Å²) in [5.74, 6) is 0. The molecule has 0 aliphatic rings. The lowest BCUT2D eigenvalue weighted by molar-refractivity contribution is 0.710. The molecule has 2 N–H and O–H groups in total. The number of nitrogens with one attached hydrogen (secondary N) is 2. The van der Waals surface area contributed by atoms with Crippen LogP contribution in [0, 0.1) is 6.92 Å². The second-order valence-corrected chi connectivity index (χ2v) is 4.87. The number of aromatic nitrogens is 2. The maximum atomic E-state index is 5.07. The molecule has 0 aromatic carbocycles. The minimum Gasteiger partial charge on any atom is -0.361 e. The molecule has 0 atom stereocenters. The molecule has 0 spiro atoms. The lowest BCUT2D eigenvalue weighted by Crippen LogP contribution is -2.38. The third-order valence-electron chi connectivity index (χ3n) is 1.39. The van der Waals surface area contributed by atoms with Gasteiger partial charge < -0.3 is 10.6 Å². The highest BCUT2D eigenvalue weighted by Crippen LogP contribution is 2.06. The molecule has 0 aliphatic carbocycles. The van der Waals surface area contributed by atoms with Crippen molar-refractivity contribution in [2.75, 3.05) is 0 Å². The molecule has 0 bridgehead atoms. The van der Waals surface area contributed by atoms with E-state index in [4.69, 9.17) is 12.2 Å². The molecule has 0 amide bonds. The van der Waals surface area contributed by atoms with Gasteiger partial charge >= 0.3 is 0 Å². The van der Waals surface area contributed by atoms with E-state index in [2.05, 4.69) is 20.8 Å². The number of hydrogen-bond acceptors (Lipinski definition) is 4. The van der Waals surface area contributed by atoms with Gasteiger partial charge in [-0.3, -0.25) is 0 Å². The fourth-order valence-corrected chi connectivity index (χ4v) is 1.83. The summed E-state index contributed by atoms with van der Waals surface area (Å²) >= 11 is 6.65. The van der Waals surface area contributed by atoms with Gasteiger partial charge in [0.25, 0.3) is 0 Å². The van der Waals surface area contributed by atoms with Crippen molar-refractivity contribution in [2.45, 2.75) is 33.4 Å². The monoisotopic (exact) mass is 230 g/mol. The second-order valence-electron chi connectivity index (χ2n) is 3.20. The van der Waals surface area contributed by atoms with Crippen LogP contribution in [0.5, 0.6) is 0 Å². The second kappa shape index (κ2) is 5.21. The first-order valence-electron chi connectivity index (χ1n) is 4.41. The van der Waals surface area contributed by atoms with Gasteiger partial charge in [0.15, 0.2) is 5.11 Å². The Morgan fingerprint density at radius 1 is 1.50 bits per heavy atom. The van der Waals surface area contributed by atoms with E-state index in [0.717, 1.165) is 10.0 Å². The Bertz CT molecular complexity index is 308. The van der Waals surface area contributed by atoms with Crippen LogP contribution in [0.15, 0.2) is 0 Å². The van der Waals surface area contributed by atoms with E-state index in [1.165, 1.54) is 0 Å². The maximum absolute atomic E-state index is 5.07. The Morgan fingerprint density at radius 3 is 2.71 bits per heavy atom. The number of nitrogens with zero attached hydrogens (tertiary/aromatic N) is 2. The summed E-state index contributed by atoms with van der Waals surface area (Å²) in [5.41, 5.74) is 0. The van der Waals surface area contributed by atoms with Crippen molar-refractivity contribution < 1.29 is 0 Å². The zero-order valence-electron chi connectivity index (χ0n) is 8.50. The van der Waals surface area contributed by atoms with Crippen LogP contribution < -0.4 is 10.6 Å². The molecule has 0 fully saturated rings. The topological polar surface area (TPSA) is 49.8 Å². The van der Waals surface area contributed by atoms with Gasteiger partial charge in [0.05, 0.1) is 6.54 Å². The SMILES string of the molecule is Cc1nnc(CNC(=S)NC(C)C)s1. The Balaban J connectivity index is 2.30. The van der Waals surface area contributed by atoms with Crippen molar-refractivity contribution in [3.63, 3.8) is 0 Å². The smallest absolute Gasteiger partial charge is 0.166 e. The Kier molecular flexibility index (Phi) is 4.21. The molecule has 14 heavy (non-hydrogen) atoms. The predicted octanol–water partition coefficient (Wildman–Crippen LogP) is 1.22. The van der Waals surface area contributed by atoms with Crippen LogP contribution in [-0.2, 0) is 6.54 Å². The molecule has 78 valence electrons. The van der Waals surface area contributed by atoms with Gasteiger partial charge in [-0.05, 0) is 33.0 Å². The minimum atomic E-state index is 0.353. The Hall–Kier alpha value is -0.750. The first-order valence-corrected chi connectivity index (χ1v) is 5.63. The summed E-state index contributed by atoms with van der Waals surface area (Å²) in [7, 11) is 0. The quantitative estimate of drug-likeness (QED) is 0.765. The van der Waals surface area contributed by atoms with Gasteiger partial charge in [0, 0.05) is 6.04 Å². The van der Waals surface area contributed by atoms with Crippen LogP contribution in [0.2, 0.25) is 0 Å². The highest BCUT2D eigenvalue weighted by molar-refractivity contribution is 7.80. The summed E-state index contributed by atoms with van der Waals surface area (Å²) < 4.78 is 0. The van der Waals surface area contributed by atoms with Crippen LogP contribution in [0.1, 0.15) is 23.9 Å². The van der Waals surface area contributed by atoms with Gasteiger partial charge in [-0.1, -0.05) is 11.3 Å². The fraction of sp³-hybridized carbons (Fsp3) is 0.625. The minimum absolute atomic E-state index is 0.353. The average molecular weight is 230 g/mol. The molecule has 1 rings (SSSR count). The van der Waals surface area contributed by atoms with Crippen LogP contribution in [-0.4, -0.2) is 21.4 Å². The van der Waals surface area contributed by atoms with Crippen LogP contribution in [0.3, 0.4) is 0 Å². The highest BCUT2D eigenvalue weighted by atomic mass is 32.1. The van der Waals surface area contributed by atoms with E-state index in [-0.39, 0.29) is 0 Å².